The number of rotatable bonds is 3. The van der Waals surface area contributed by atoms with Crippen LogP contribution in [0.5, 0.6) is 0 Å². The molecular formula is C47H31N3. The lowest BCUT2D eigenvalue weighted by Crippen LogP contribution is -1.96. The molecule has 0 saturated carbocycles. The number of benzene rings is 8. The molecule has 0 aliphatic heterocycles. The van der Waals surface area contributed by atoms with Crippen molar-refractivity contribution in [2.75, 3.05) is 0 Å². The van der Waals surface area contributed by atoms with Crippen LogP contribution >= 0.6 is 0 Å². The van der Waals surface area contributed by atoms with Crippen molar-refractivity contribution in [3.63, 3.8) is 0 Å². The van der Waals surface area contributed by atoms with Gasteiger partial charge in [0.15, 0.2) is 0 Å². The van der Waals surface area contributed by atoms with E-state index in [1.54, 1.807) is 0 Å². The quantitative estimate of drug-likeness (QED) is 0.183. The van der Waals surface area contributed by atoms with E-state index in [2.05, 4.69) is 191 Å². The fourth-order valence-corrected chi connectivity index (χ4v) is 8.58. The average Bonchev–Trinajstić information content (AvgIpc) is 3.85. The lowest BCUT2D eigenvalue weighted by molar-refractivity contribution is 1.11. The second kappa shape index (κ2) is 10.2. The molecule has 0 amide bonds. The first-order chi connectivity index (χ1) is 24.7. The maximum Gasteiger partial charge on any atom is 0.0607 e. The molecule has 0 radical (unpaired) electrons. The van der Waals surface area contributed by atoms with Crippen molar-refractivity contribution in [2.45, 2.75) is 6.92 Å². The molecule has 0 bridgehead atoms. The smallest absolute Gasteiger partial charge is 0.0607 e. The highest BCUT2D eigenvalue weighted by Gasteiger charge is 2.20. The first-order valence-electron chi connectivity index (χ1n) is 17.3. The average molecular weight is 638 g/mol. The van der Waals surface area contributed by atoms with Crippen LogP contribution in [0, 0.1) is 6.92 Å². The molecule has 0 aliphatic carbocycles. The summed E-state index contributed by atoms with van der Waals surface area (Å²) < 4.78 is 7.23. The molecule has 11 aromatic rings. The van der Waals surface area contributed by atoms with E-state index in [0.717, 1.165) is 5.69 Å². The highest BCUT2D eigenvalue weighted by molar-refractivity contribution is 6.30. The Kier molecular flexibility index (Phi) is 5.59. The molecule has 3 heterocycles. The van der Waals surface area contributed by atoms with Gasteiger partial charge in [-0.3, -0.25) is 0 Å². The minimum atomic E-state index is 1.16. The maximum atomic E-state index is 2.48. The molecule has 234 valence electrons. The summed E-state index contributed by atoms with van der Waals surface area (Å²) in [6, 6.07) is 60.1. The first kappa shape index (κ1) is 27.4. The second-order valence-electron chi connectivity index (χ2n) is 13.4. The summed E-state index contributed by atoms with van der Waals surface area (Å²) in [7, 11) is 0. The number of para-hydroxylation sites is 3. The van der Waals surface area contributed by atoms with E-state index in [1.807, 2.05) is 0 Å². The van der Waals surface area contributed by atoms with Gasteiger partial charge in [0.2, 0.25) is 0 Å². The SMILES string of the molecule is Cc1ccccc1-n1ccc2ccc3c(ccc4c3c3c5ccccc5ccc3n4-c3ccc4c(c3)c3ccccc3n4-c3ccccc3)c21. The molecule has 0 saturated heterocycles. The van der Waals surface area contributed by atoms with Crippen molar-refractivity contribution >= 4 is 76.1 Å². The number of aryl methyl sites for hydroxylation is 1. The molecule has 0 N–H and O–H groups in total. The molecule has 0 atom stereocenters. The predicted octanol–water partition coefficient (Wildman–Crippen LogP) is 12.4. The van der Waals surface area contributed by atoms with E-state index >= 15 is 0 Å². The molecule has 50 heavy (non-hydrogen) atoms. The minimum absolute atomic E-state index is 1.16. The van der Waals surface area contributed by atoms with Gasteiger partial charge in [0, 0.05) is 55.6 Å². The molecule has 8 aromatic carbocycles. The Labute approximate surface area is 288 Å². The molecule has 0 spiro atoms. The van der Waals surface area contributed by atoms with Crippen molar-refractivity contribution in [1.29, 1.82) is 0 Å². The third-order valence-corrected chi connectivity index (χ3v) is 10.8. The van der Waals surface area contributed by atoms with Crippen LogP contribution in [-0.4, -0.2) is 13.7 Å². The monoisotopic (exact) mass is 637 g/mol. The van der Waals surface area contributed by atoms with Crippen LogP contribution in [0.3, 0.4) is 0 Å². The number of nitrogens with zero attached hydrogens (tertiary/aromatic N) is 3. The zero-order valence-electron chi connectivity index (χ0n) is 27.5. The van der Waals surface area contributed by atoms with Gasteiger partial charge in [-0.15, -0.1) is 0 Å². The Balaban J connectivity index is 1.26. The van der Waals surface area contributed by atoms with Crippen LogP contribution in [0.4, 0.5) is 0 Å². The van der Waals surface area contributed by atoms with Crippen molar-refractivity contribution in [3.8, 4) is 17.1 Å². The lowest BCUT2D eigenvalue weighted by atomic mass is 9.98. The summed E-state index contributed by atoms with van der Waals surface area (Å²) in [6.07, 6.45) is 2.22. The van der Waals surface area contributed by atoms with Crippen molar-refractivity contribution < 1.29 is 0 Å². The molecule has 3 heteroatoms. The normalized spacial score (nSPS) is 12.1. The Hall–Kier alpha value is -6.58. The second-order valence-corrected chi connectivity index (χ2v) is 13.4. The number of hydrogen-bond acceptors (Lipinski definition) is 0. The van der Waals surface area contributed by atoms with E-state index < -0.39 is 0 Å². The molecule has 3 nitrogen and oxygen atoms in total. The summed E-state index contributed by atoms with van der Waals surface area (Å²) in [6.45, 7) is 2.19. The fraction of sp³-hybridized carbons (Fsp3) is 0.0213. The fourth-order valence-electron chi connectivity index (χ4n) is 8.58. The van der Waals surface area contributed by atoms with Gasteiger partial charge >= 0.3 is 0 Å². The topological polar surface area (TPSA) is 14.8 Å². The van der Waals surface area contributed by atoms with E-state index in [9.17, 15) is 0 Å². The molecule has 0 unspecified atom stereocenters. The van der Waals surface area contributed by atoms with Gasteiger partial charge < -0.3 is 13.7 Å². The van der Waals surface area contributed by atoms with Crippen molar-refractivity contribution in [3.05, 3.63) is 176 Å². The van der Waals surface area contributed by atoms with Crippen molar-refractivity contribution in [2.24, 2.45) is 0 Å². The Bertz CT molecular complexity index is 3150. The van der Waals surface area contributed by atoms with E-state index in [4.69, 9.17) is 0 Å². The van der Waals surface area contributed by atoms with E-state index in [1.165, 1.54) is 93.0 Å². The van der Waals surface area contributed by atoms with E-state index in [-0.39, 0.29) is 0 Å². The molecule has 0 fully saturated rings. The van der Waals surface area contributed by atoms with Crippen LogP contribution < -0.4 is 0 Å². The zero-order chi connectivity index (χ0) is 32.9. The largest absolute Gasteiger partial charge is 0.316 e. The molecular weight excluding hydrogens is 607 g/mol. The number of fused-ring (bicyclic) bond motifs is 12. The van der Waals surface area contributed by atoms with Gasteiger partial charge in [-0.2, -0.15) is 0 Å². The summed E-state index contributed by atoms with van der Waals surface area (Å²) in [5.74, 6) is 0. The van der Waals surface area contributed by atoms with Crippen LogP contribution in [0.1, 0.15) is 5.56 Å². The summed E-state index contributed by atoms with van der Waals surface area (Å²) in [4.78, 5) is 0. The van der Waals surface area contributed by atoms with Gasteiger partial charge in [-0.25, -0.2) is 0 Å². The molecule has 3 aromatic heterocycles. The standard InChI is InChI=1S/C47H31N3/c1-30-11-5-9-17-40(30)48-28-27-32-19-22-37-38(47(32)48)23-26-44-46(37)45-35-15-7-6-12-31(35)20-24-43(45)50(44)34-21-25-42-39(29-34)36-16-8-10-18-41(36)49(42)33-13-3-2-4-14-33/h2-29H,1H3. The molecule has 0 aliphatic rings. The van der Waals surface area contributed by atoms with E-state index in [0.29, 0.717) is 0 Å². The Morgan fingerprint density at radius 2 is 1.02 bits per heavy atom. The lowest BCUT2D eigenvalue weighted by Gasteiger charge is -2.12. The van der Waals surface area contributed by atoms with Gasteiger partial charge in [0.25, 0.3) is 0 Å². The van der Waals surface area contributed by atoms with Gasteiger partial charge in [0.1, 0.15) is 0 Å². The summed E-state index contributed by atoms with van der Waals surface area (Å²) >= 11 is 0. The highest BCUT2D eigenvalue weighted by atomic mass is 15.0. The number of aromatic nitrogens is 3. The van der Waals surface area contributed by atoms with Crippen molar-refractivity contribution in [1.82, 2.24) is 13.7 Å². The van der Waals surface area contributed by atoms with Gasteiger partial charge in [0.05, 0.1) is 27.6 Å². The van der Waals surface area contributed by atoms with Gasteiger partial charge in [-0.1, -0.05) is 103 Å². The minimum Gasteiger partial charge on any atom is -0.316 e. The summed E-state index contributed by atoms with van der Waals surface area (Å²) in [5, 5.41) is 11.4. The Morgan fingerprint density at radius 3 is 1.90 bits per heavy atom. The third kappa shape index (κ3) is 3.69. The summed E-state index contributed by atoms with van der Waals surface area (Å²) in [5.41, 5.74) is 10.9. The molecule has 11 rings (SSSR count). The first-order valence-corrected chi connectivity index (χ1v) is 17.3. The van der Waals surface area contributed by atoms with Crippen LogP contribution in [0.15, 0.2) is 170 Å². The maximum absolute atomic E-state index is 2.48. The van der Waals surface area contributed by atoms with Crippen LogP contribution in [0.25, 0.3) is 93.1 Å². The highest BCUT2D eigenvalue weighted by Crippen LogP contribution is 2.43. The third-order valence-electron chi connectivity index (χ3n) is 10.8. The zero-order valence-corrected chi connectivity index (χ0v) is 27.5. The van der Waals surface area contributed by atoms with Crippen LogP contribution in [-0.2, 0) is 0 Å². The number of hydrogen-bond donors (Lipinski definition) is 0. The predicted molar refractivity (Wildman–Crippen MR) is 212 cm³/mol. The van der Waals surface area contributed by atoms with Crippen LogP contribution in [0.2, 0.25) is 0 Å². The Morgan fingerprint density at radius 1 is 0.380 bits per heavy atom. The van der Waals surface area contributed by atoms with Gasteiger partial charge in [-0.05, 0) is 89.3 Å².